The van der Waals surface area contributed by atoms with E-state index in [1.165, 1.54) is 0 Å². The molecule has 0 saturated heterocycles. The molecule has 0 heterocycles. The van der Waals surface area contributed by atoms with Crippen molar-refractivity contribution in [3.8, 4) is 0 Å². The van der Waals surface area contributed by atoms with Gasteiger partial charge in [-0.15, -0.1) is 24.0 Å². The Morgan fingerprint density at radius 3 is 2.33 bits per heavy atom. The maximum absolute atomic E-state index is 5.55. The normalized spacial score (nSPS) is 13.0. The molecule has 0 fully saturated rings. The molecule has 0 spiro atoms. The molecule has 1 aromatic rings. The van der Waals surface area contributed by atoms with Gasteiger partial charge in [-0.1, -0.05) is 39.0 Å². The number of guanidine groups is 1. The van der Waals surface area contributed by atoms with E-state index in [1.54, 1.807) is 14.2 Å². The number of para-hydroxylation sites is 1. The van der Waals surface area contributed by atoms with E-state index in [0.29, 0.717) is 0 Å². The van der Waals surface area contributed by atoms with Crippen LogP contribution in [-0.4, -0.2) is 45.9 Å². The van der Waals surface area contributed by atoms with Crippen molar-refractivity contribution < 1.29 is 4.74 Å². The average Bonchev–Trinajstić information content (AvgIpc) is 2.53. The second-order valence-electron chi connectivity index (χ2n) is 6.62. The van der Waals surface area contributed by atoms with Gasteiger partial charge in [-0.05, 0) is 24.0 Å². The number of benzene rings is 1. The van der Waals surface area contributed by atoms with Crippen LogP contribution in [0.2, 0.25) is 0 Å². The zero-order chi connectivity index (χ0) is 17.1. The van der Waals surface area contributed by atoms with Crippen LogP contribution in [0.25, 0.3) is 0 Å². The Hall–Kier alpha value is -1.02. The third-order valence-electron chi connectivity index (χ3n) is 3.68. The predicted molar refractivity (Wildman–Crippen MR) is 115 cm³/mol. The van der Waals surface area contributed by atoms with E-state index in [9.17, 15) is 0 Å². The second kappa shape index (κ2) is 12.4. The molecule has 5 nitrogen and oxygen atoms in total. The standard InChI is InChI=1S/C18H32N4O.HI/c1-18(2,3)16(23-5)14-22-17(19-4)21-13-9-12-20-15-10-7-6-8-11-15;/h6-8,10-11,16,20H,9,12-14H2,1-5H3,(H2,19,21,22);1H. The summed E-state index contributed by atoms with van der Waals surface area (Å²) in [5, 5.41) is 10.1. The van der Waals surface area contributed by atoms with Crippen molar-refractivity contribution in [2.24, 2.45) is 10.4 Å². The molecule has 138 valence electrons. The topological polar surface area (TPSA) is 57.7 Å². The van der Waals surface area contributed by atoms with Crippen molar-refractivity contribution in [3.05, 3.63) is 30.3 Å². The molecule has 0 saturated carbocycles. The minimum absolute atomic E-state index is 0. The maximum atomic E-state index is 5.55. The van der Waals surface area contributed by atoms with Crippen LogP contribution in [0.1, 0.15) is 27.2 Å². The molecule has 0 aliphatic rings. The lowest BCUT2D eigenvalue weighted by molar-refractivity contribution is 0.0205. The van der Waals surface area contributed by atoms with E-state index in [-0.39, 0.29) is 35.5 Å². The Morgan fingerprint density at radius 1 is 1.12 bits per heavy atom. The molecule has 0 radical (unpaired) electrons. The van der Waals surface area contributed by atoms with Crippen LogP contribution in [0, 0.1) is 5.41 Å². The lowest BCUT2D eigenvalue weighted by atomic mass is 9.89. The average molecular weight is 448 g/mol. The van der Waals surface area contributed by atoms with Gasteiger partial charge in [0.15, 0.2) is 5.96 Å². The third-order valence-corrected chi connectivity index (χ3v) is 3.68. The van der Waals surface area contributed by atoms with Crippen LogP contribution >= 0.6 is 24.0 Å². The van der Waals surface area contributed by atoms with Crippen molar-refractivity contribution in [1.82, 2.24) is 10.6 Å². The smallest absolute Gasteiger partial charge is 0.191 e. The number of methoxy groups -OCH3 is 1. The van der Waals surface area contributed by atoms with Gasteiger partial charge in [0.05, 0.1) is 6.10 Å². The van der Waals surface area contributed by atoms with Gasteiger partial charge in [0.25, 0.3) is 0 Å². The molecule has 1 aromatic carbocycles. The maximum Gasteiger partial charge on any atom is 0.191 e. The van der Waals surface area contributed by atoms with Gasteiger partial charge in [0, 0.05) is 39.5 Å². The SMILES string of the molecule is CN=C(NCCCNc1ccccc1)NCC(OC)C(C)(C)C.I. The molecule has 1 rings (SSSR count). The van der Waals surface area contributed by atoms with Crippen molar-refractivity contribution >= 4 is 35.6 Å². The number of aliphatic imine (C=N–C) groups is 1. The number of rotatable bonds is 8. The highest BCUT2D eigenvalue weighted by molar-refractivity contribution is 14.0. The minimum Gasteiger partial charge on any atom is -0.385 e. The molecular formula is C18H33IN4O. The van der Waals surface area contributed by atoms with Crippen LogP contribution in [-0.2, 0) is 4.74 Å². The monoisotopic (exact) mass is 448 g/mol. The van der Waals surface area contributed by atoms with Gasteiger partial charge in [-0.2, -0.15) is 0 Å². The van der Waals surface area contributed by atoms with E-state index in [2.05, 4.69) is 53.8 Å². The number of anilines is 1. The van der Waals surface area contributed by atoms with Crippen molar-refractivity contribution in [2.45, 2.75) is 33.3 Å². The lowest BCUT2D eigenvalue weighted by Crippen LogP contribution is -2.45. The number of hydrogen-bond acceptors (Lipinski definition) is 3. The molecule has 0 aromatic heterocycles. The fourth-order valence-corrected chi connectivity index (χ4v) is 2.24. The summed E-state index contributed by atoms with van der Waals surface area (Å²) in [5.41, 5.74) is 1.25. The summed E-state index contributed by atoms with van der Waals surface area (Å²) < 4.78 is 5.55. The minimum atomic E-state index is 0. The van der Waals surface area contributed by atoms with E-state index in [4.69, 9.17) is 4.74 Å². The number of nitrogens with zero attached hydrogens (tertiary/aromatic N) is 1. The Labute approximate surface area is 164 Å². The van der Waals surface area contributed by atoms with Crippen LogP contribution in [0.3, 0.4) is 0 Å². The first-order valence-corrected chi connectivity index (χ1v) is 8.23. The zero-order valence-electron chi connectivity index (χ0n) is 15.6. The first-order chi connectivity index (χ1) is 11.0. The van der Waals surface area contributed by atoms with Gasteiger partial charge in [0.1, 0.15) is 0 Å². The predicted octanol–water partition coefficient (Wildman–Crippen LogP) is 3.33. The van der Waals surface area contributed by atoms with Gasteiger partial charge in [0.2, 0.25) is 0 Å². The molecule has 1 unspecified atom stereocenters. The fraction of sp³-hybridized carbons (Fsp3) is 0.611. The Bertz CT molecular complexity index is 460. The highest BCUT2D eigenvalue weighted by Crippen LogP contribution is 2.20. The van der Waals surface area contributed by atoms with Gasteiger partial charge < -0.3 is 20.7 Å². The molecule has 3 N–H and O–H groups in total. The van der Waals surface area contributed by atoms with Gasteiger partial charge in [-0.3, -0.25) is 4.99 Å². The molecule has 0 bridgehead atoms. The summed E-state index contributed by atoms with van der Waals surface area (Å²) in [6.07, 6.45) is 1.16. The Balaban J connectivity index is 0.00000529. The molecule has 0 aliphatic carbocycles. The second-order valence-corrected chi connectivity index (χ2v) is 6.62. The largest absolute Gasteiger partial charge is 0.385 e. The van der Waals surface area contributed by atoms with Crippen molar-refractivity contribution in [1.29, 1.82) is 0 Å². The number of ether oxygens (including phenoxy) is 1. The molecule has 1 atom stereocenters. The molecule has 6 heteroatoms. The fourth-order valence-electron chi connectivity index (χ4n) is 2.24. The summed E-state index contributed by atoms with van der Waals surface area (Å²) in [6, 6.07) is 10.2. The van der Waals surface area contributed by atoms with E-state index in [0.717, 1.165) is 37.7 Å². The molecule has 0 amide bonds. The quantitative estimate of drug-likeness (QED) is 0.247. The van der Waals surface area contributed by atoms with Crippen LogP contribution < -0.4 is 16.0 Å². The third kappa shape index (κ3) is 9.32. The van der Waals surface area contributed by atoms with Gasteiger partial charge in [-0.25, -0.2) is 0 Å². The summed E-state index contributed by atoms with van der Waals surface area (Å²) in [7, 11) is 3.54. The highest BCUT2D eigenvalue weighted by atomic mass is 127. The summed E-state index contributed by atoms with van der Waals surface area (Å²) >= 11 is 0. The Morgan fingerprint density at radius 2 is 1.79 bits per heavy atom. The first-order valence-electron chi connectivity index (χ1n) is 8.23. The van der Waals surface area contributed by atoms with Crippen LogP contribution in [0.15, 0.2) is 35.3 Å². The summed E-state index contributed by atoms with van der Waals surface area (Å²) in [6.45, 7) is 9.06. The highest BCUT2D eigenvalue weighted by Gasteiger charge is 2.24. The zero-order valence-corrected chi connectivity index (χ0v) is 17.9. The summed E-state index contributed by atoms with van der Waals surface area (Å²) in [4.78, 5) is 4.25. The van der Waals surface area contributed by atoms with E-state index >= 15 is 0 Å². The van der Waals surface area contributed by atoms with Gasteiger partial charge >= 0.3 is 0 Å². The number of nitrogens with one attached hydrogen (secondary N) is 3. The molecular weight excluding hydrogens is 415 g/mol. The first kappa shape index (κ1) is 23.0. The number of hydrogen-bond donors (Lipinski definition) is 3. The van der Waals surface area contributed by atoms with Crippen LogP contribution in [0.4, 0.5) is 5.69 Å². The molecule has 0 aliphatic heterocycles. The Kier molecular flexibility index (Phi) is 11.8. The lowest BCUT2D eigenvalue weighted by Gasteiger charge is -2.30. The van der Waals surface area contributed by atoms with Crippen molar-refractivity contribution in [2.75, 3.05) is 39.1 Å². The summed E-state index contributed by atoms with van der Waals surface area (Å²) in [5.74, 6) is 0.816. The van der Waals surface area contributed by atoms with E-state index < -0.39 is 0 Å². The van der Waals surface area contributed by atoms with Crippen molar-refractivity contribution in [3.63, 3.8) is 0 Å². The van der Waals surface area contributed by atoms with Crippen LogP contribution in [0.5, 0.6) is 0 Å². The van der Waals surface area contributed by atoms with E-state index in [1.807, 2.05) is 18.2 Å². The molecule has 24 heavy (non-hydrogen) atoms. The number of halogens is 1.